The van der Waals surface area contributed by atoms with E-state index in [1.54, 1.807) is 18.2 Å². The Hall–Kier alpha value is -2.74. The van der Waals surface area contributed by atoms with E-state index in [2.05, 4.69) is 5.32 Å². The van der Waals surface area contributed by atoms with E-state index < -0.39 is 10.1 Å². The molecule has 1 N–H and O–H groups in total. The van der Waals surface area contributed by atoms with Crippen LogP contribution in [-0.2, 0) is 14.9 Å². The standard InChI is InChI=1S/C17H17NO6S/c1-12(19)18-14-5-2-3-6-15(14)24-25(20,21)13-7-8-16-17(11-13)23-10-4-9-22-16/h2-3,5-8,11H,4,9-10H2,1H3,(H,18,19). The number of carbonyl (C=O) groups excluding carboxylic acids is 1. The largest absolute Gasteiger partial charge is 0.490 e. The normalized spacial score (nSPS) is 13.6. The predicted octanol–water partition coefficient (Wildman–Crippen LogP) is 2.57. The first kappa shape index (κ1) is 17.1. The average molecular weight is 363 g/mol. The molecule has 2 aromatic rings. The number of fused-ring (bicyclic) bond motifs is 1. The van der Waals surface area contributed by atoms with E-state index >= 15 is 0 Å². The van der Waals surface area contributed by atoms with Gasteiger partial charge >= 0.3 is 10.1 Å². The third-order valence-electron chi connectivity index (χ3n) is 3.40. The van der Waals surface area contributed by atoms with E-state index in [0.29, 0.717) is 24.7 Å². The third-order valence-corrected chi connectivity index (χ3v) is 4.64. The lowest BCUT2D eigenvalue weighted by molar-refractivity contribution is -0.114. The zero-order valence-corrected chi connectivity index (χ0v) is 14.3. The van der Waals surface area contributed by atoms with E-state index in [1.807, 2.05) is 0 Å². The molecule has 1 heterocycles. The summed E-state index contributed by atoms with van der Waals surface area (Å²) in [6.07, 6.45) is 0.720. The highest BCUT2D eigenvalue weighted by Gasteiger charge is 2.22. The molecule has 0 saturated carbocycles. The molecular weight excluding hydrogens is 346 g/mol. The van der Waals surface area contributed by atoms with Crippen molar-refractivity contribution in [1.29, 1.82) is 0 Å². The predicted molar refractivity (Wildman–Crippen MR) is 90.6 cm³/mol. The van der Waals surface area contributed by atoms with Crippen LogP contribution in [0.2, 0.25) is 0 Å². The van der Waals surface area contributed by atoms with E-state index in [4.69, 9.17) is 13.7 Å². The Morgan fingerprint density at radius 2 is 1.80 bits per heavy atom. The van der Waals surface area contributed by atoms with Crippen LogP contribution in [0.25, 0.3) is 0 Å². The second-order valence-corrected chi connectivity index (χ2v) is 6.92. The third kappa shape index (κ3) is 4.03. The van der Waals surface area contributed by atoms with Gasteiger partial charge in [-0.25, -0.2) is 0 Å². The molecule has 0 radical (unpaired) electrons. The van der Waals surface area contributed by atoms with Gasteiger partial charge in [0.05, 0.1) is 18.9 Å². The summed E-state index contributed by atoms with van der Waals surface area (Å²) in [5, 5.41) is 2.53. The molecule has 8 heteroatoms. The Morgan fingerprint density at radius 3 is 2.56 bits per heavy atom. The molecule has 0 fully saturated rings. The molecule has 25 heavy (non-hydrogen) atoms. The molecule has 0 aliphatic carbocycles. The Balaban J connectivity index is 1.90. The minimum absolute atomic E-state index is 0.0322. The van der Waals surface area contributed by atoms with Gasteiger partial charge in [0.25, 0.3) is 0 Å². The number of hydrogen-bond acceptors (Lipinski definition) is 6. The minimum Gasteiger partial charge on any atom is -0.490 e. The summed E-state index contributed by atoms with van der Waals surface area (Å²) in [7, 11) is -4.10. The zero-order valence-electron chi connectivity index (χ0n) is 13.5. The molecule has 0 unspecified atom stereocenters. The van der Waals surface area contributed by atoms with Crippen LogP contribution in [0.4, 0.5) is 5.69 Å². The van der Waals surface area contributed by atoms with Crippen LogP contribution < -0.4 is 19.0 Å². The SMILES string of the molecule is CC(=O)Nc1ccccc1OS(=O)(=O)c1ccc2c(c1)OCCCO2. The van der Waals surface area contributed by atoms with Gasteiger partial charge in [-0.15, -0.1) is 0 Å². The Bertz CT molecular complexity index is 894. The van der Waals surface area contributed by atoms with Crippen LogP contribution >= 0.6 is 0 Å². The first-order chi connectivity index (χ1) is 12.0. The fourth-order valence-corrected chi connectivity index (χ4v) is 3.26. The molecular formula is C17H17NO6S. The second-order valence-electron chi connectivity index (χ2n) is 5.37. The van der Waals surface area contributed by atoms with Gasteiger partial charge in [-0.2, -0.15) is 8.42 Å². The number of ether oxygens (including phenoxy) is 2. The van der Waals surface area contributed by atoms with Gasteiger partial charge in [0.2, 0.25) is 5.91 Å². The van der Waals surface area contributed by atoms with Crippen molar-refractivity contribution in [2.45, 2.75) is 18.2 Å². The van der Waals surface area contributed by atoms with Crippen molar-refractivity contribution in [3.63, 3.8) is 0 Å². The van der Waals surface area contributed by atoms with E-state index in [1.165, 1.54) is 31.2 Å². The Morgan fingerprint density at radius 1 is 1.08 bits per heavy atom. The number of rotatable bonds is 4. The number of anilines is 1. The highest BCUT2D eigenvalue weighted by molar-refractivity contribution is 7.87. The molecule has 0 atom stereocenters. The van der Waals surface area contributed by atoms with Gasteiger partial charge in [0, 0.05) is 19.4 Å². The average Bonchev–Trinajstić information content (AvgIpc) is 2.80. The molecule has 2 aromatic carbocycles. The van der Waals surface area contributed by atoms with Gasteiger partial charge in [-0.05, 0) is 24.3 Å². The summed E-state index contributed by atoms with van der Waals surface area (Å²) >= 11 is 0. The minimum atomic E-state index is -4.10. The fourth-order valence-electron chi connectivity index (χ4n) is 2.30. The molecule has 1 aliphatic heterocycles. The number of benzene rings is 2. The van der Waals surface area contributed by atoms with Crippen LogP contribution in [0.3, 0.4) is 0 Å². The van der Waals surface area contributed by atoms with Crippen LogP contribution in [-0.4, -0.2) is 27.5 Å². The number of hydrogen-bond donors (Lipinski definition) is 1. The summed E-state index contributed by atoms with van der Waals surface area (Å²) in [4.78, 5) is 11.2. The van der Waals surface area contributed by atoms with Crippen molar-refractivity contribution < 1.29 is 26.9 Å². The molecule has 1 aliphatic rings. The van der Waals surface area contributed by atoms with E-state index in [-0.39, 0.29) is 22.2 Å². The Labute approximate surface area is 145 Å². The van der Waals surface area contributed by atoms with Crippen molar-refractivity contribution in [3.8, 4) is 17.2 Å². The maximum Gasteiger partial charge on any atom is 0.339 e. The Kier molecular flexibility index (Phi) is 4.80. The lowest BCUT2D eigenvalue weighted by atomic mass is 10.3. The van der Waals surface area contributed by atoms with Gasteiger partial charge in [0.15, 0.2) is 17.2 Å². The van der Waals surface area contributed by atoms with E-state index in [9.17, 15) is 13.2 Å². The molecule has 1 amide bonds. The van der Waals surface area contributed by atoms with Gasteiger partial charge < -0.3 is 19.0 Å². The molecule has 0 saturated heterocycles. The smallest absolute Gasteiger partial charge is 0.339 e. The first-order valence-corrected chi connectivity index (χ1v) is 9.07. The number of carbonyl (C=O) groups is 1. The number of amides is 1. The van der Waals surface area contributed by atoms with Crippen molar-refractivity contribution in [1.82, 2.24) is 0 Å². The summed E-state index contributed by atoms with van der Waals surface area (Å²) < 4.78 is 41.4. The topological polar surface area (TPSA) is 90.9 Å². The first-order valence-electron chi connectivity index (χ1n) is 7.66. The van der Waals surface area contributed by atoms with Gasteiger partial charge in [-0.1, -0.05) is 12.1 Å². The van der Waals surface area contributed by atoms with Gasteiger partial charge in [-0.3, -0.25) is 4.79 Å². The summed E-state index contributed by atoms with van der Waals surface area (Å²) in [5.74, 6) is 0.557. The maximum atomic E-state index is 12.6. The summed E-state index contributed by atoms with van der Waals surface area (Å²) in [6, 6.07) is 10.6. The lowest BCUT2D eigenvalue weighted by Crippen LogP contribution is -2.13. The van der Waals surface area contributed by atoms with Crippen LogP contribution in [0, 0.1) is 0 Å². The number of nitrogens with one attached hydrogen (secondary N) is 1. The fraction of sp³-hybridized carbons (Fsp3) is 0.235. The molecule has 0 spiro atoms. The van der Waals surface area contributed by atoms with Crippen molar-refractivity contribution >= 4 is 21.7 Å². The molecule has 3 rings (SSSR count). The van der Waals surface area contributed by atoms with Crippen molar-refractivity contribution in [3.05, 3.63) is 42.5 Å². The second kappa shape index (κ2) is 7.02. The summed E-state index contributed by atoms with van der Waals surface area (Å²) in [6.45, 7) is 2.29. The van der Waals surface area contributed by atoms with E-state index in [0.717, 1.165) is 6.42 Å². The highest BCUT2D eigenvalue weighted by atomic mass is 32.2. The lowest BCUT2D eigenvalue weighted by Gasteiger charge is -2.13. The van der Waals surface area contributed by atoms with Crippen molar-refractivity contribution in [2.75, 3.05) is 18.5 Å². The molecule has 0 bridgehead atoms. The van der Waals surface area contributed by atoms with Crippen LogP contribution in [0.15, 0.2) is 47.4 Å². The molecule has 132 valence electrons. The van der Waals surface area contributed by atoms with Crippen LogP contribution in [0.1, 0.15) is 13.3 Å². The van der Waals surface area contributed by atoms with Crippen LogP contribution in [0.5, 0.6) is 17.2 Å². The maximum absolute atomic E-state index is 12.6. The van der Waals surface area contributed by atoms with Gasteiger partial charge in [0.1, 0.15) is 4.90 Å². The van der Waals surface area contributed by atoms with Crippen molar-refractivity contribution in [2.24, 2.45) is 0 Å². The number of para-hydroxylation sites is 2. The highest BCUT2D eigenvalue weighted by Crippen LogP contribution is 2.33. The monoisotopic (exact) mass is 363 g/mol. The summed E-state index contributed by atoms with van der Waals surface area (Å²) in [5.41, 5.74) is 0.271. The molecule has 0 aromatic heterocycles. The zero-order chi connectivity index (χ0) is 17.9. The quantitative estimate of drug-likeness (QED) is 0.840. The molecule has 7 nitrogen and oxygen atoms in total.